The van der Waals surface area contributed by atoms with Crippen LogP contribution in [0.25, 0.3) is 21.8 Å². The Labute approximate surface area is 164 Å². The summed E-state index contributed by atoms with van der Waals surface area (Å²) in [6.45, 7) is 0.0908. The van der Waals surface area contributed by atoms with E-state index in [0.29, 0.717) is 0 Å². The largest absolute Gasteiger partial charge is 0.484 e. The second kappa shape index (κ2) is 6.00. The van der Waals surface area contributed by atoms with Crippen LogP contribution in [0.5, 0.6) is 5.75 Å². The third-order valence-corrected chi connectivity index (χ3v) is 7.29. The van der Waals surface area contributed by atoms with Crippen LogP contribution in [-0.4, -0.2) is 23.0 Å². The van der Waals surface area contributed by atoms with Crippen LogP contribution in [-0.2, 0) is 4.79 Å². The molecule has 4 aliphatic carbocycles. The minimum atomic E-state index is 0.0266. The van der Waals surface area contributed by atoms with Gasteiger partial charge in [0.2, 0.25) is 0 Å². The molecule has 0 atom stereocenters. The quantitative estimate of drug-likeness (QED) is 0.690. The maximum atomic E-state index is 12.7. The van der Waals surface area contributed by atoms with E-state index in [1.165, 1.54) is 49.3 Å². The van der Waals surface area contributed by atoms with E-state index in [2.05, 4.69) is 34.6 Å². The van der Waals surface area contributed by atoms with Gasteiger partial charge in [0.15, 0.2) is 6.61 Å². The molecule has 4 bridgehead atoms. The van der Waals surface area contributed by atoms with E-state index in [1.807, 2.05) is 18.2 Å². The van der Waals surface area contributed by atoms with Crippen LogP contribution in [0.3, 0.4) is 0 Å². The molecular weight excluding hydrogens is 348 g/mol. The van der Waals surface area contributed by atoms with Crippen LogP contribution < -0.4 is 10.1 Å². The first-order valence-corrected chi connectivity index (χ1v) is 10.6. The monoisotopic (exact) mass is 374 g/mol. The van der Waals surface area contributed by atoms with E-state index in [-0.39, 0.29) is 18.1 Å². The number of fused-ring (bicyclic) bond motifs is 3. The van der Waals surface area contributed by atoms with E-state index in [1.54, 1.807) is 0 Å². The van der Waals surface area contributed by atoms with Gasteiger partial charge in [0.25, 0.3) is 5.91 Å². The van der Waals surface area contributed by atoms with Gasteiger partial charge in [-0.3, -0.25) is 4.79 Å². The molecule has 1 heterocycles. The Balaban J connectivity index is 1.15. The lowest BCUT2D eigenvalue weighted by Crippen LogP contribution is -2.60. The van der Waals surface area contributed by atoms with Crippen molar-refractivity contribution in [3.05, 3.63) is 42.5 Å². The highest BCUT2D eigenvalue weighted by atomic mass is 16.5. The topological polar surface area (TPSA) is 54.1 Å². The fourth-order valence-electron chi connectivity index (χ4n) is 6.67. The first-order valence-electron chi connectivity index (χ1n) is 10.6. The lowest BCUT2D eigenvalue weighted by Gasteiger charge is -2.56. The molecular formula is C24H26N2O2. The second-order valence-corrected chi connectivity index (χ2v) is 9.41. The number of H-pyrrole nitrogens is 1. The summed E-state index contributed by atoms with van der Waals surface area (Å²) in [5, 5.41) is 5.77. The molecule has 0 spiro atoms. The van der Waals surface area contributed by atoms with E-state index >= 15 is 0 Å². The minimum absolute atomic E-state index is 0.0266. The number of aromatic amines is 1. The molecule has 3 aromatic rings. The summed E-state index contributed by atoms with van der Waals surface area (Å²) >= 11 is 0. The average molecular weight is 374 g/mol. The third-order valence-electron chi connectivity index (χ3n) is 7.29. The molecule has 144 valence electrons. The number of benzene rings is 2. The van der Waals surface area contributed by atoms with Crippen LogP contribution >= 0.6 is 0 Å². The molecule has 28 heavy (non-hydrogen) atoms. The fourth-order valence-corrected chi connectivity index (χ4v) is 6.67. The molecule has 0 aliphatic heterocycles. The Morgan fingerprint density at radius 1 is 0.964 bits per heavy atom. The molecule has 4 heteroatoms. The zero-order valence-electron chi connectivity index (χ0n) is 16.0. The molecule has 2 N–H and O–H groups in total. The Bertz CT molecular complexity index is 1030. The Morgan fingerprint density at radius 3 is 2.39 bits per heavy atom. The lowest BCUT2D eigenvalue weighted by molar-refractivity contribution is -0.128. The molecule has 1 amide bonds. The maximum Gasteiger partial charge on any atom is 0.258 e. The summed E-state index contributed by atoms with van der Waals surface area (Å²) < 4.78 is 5.85. The highest BCUT2D eigenvalue weighted by Gasteiger charge is 2.51. The summed E-state index contributed by atoms with van der Waals surface area (Å²) in [7, 11) is 0. The summed E-state index contributed by atoms with van der Waals surface area (Å²) in [6.07, 6.45) is 7.67. The molecule has 0 saturated heterocycles. The molecule has 1 aromatic heterocycles. The van der Waals surface area contributed by atoms with Gasteiger partial charge in [0.05, 0.1) is 5.52 Å². The van der Waals surface area contributed by atoms with E-state index in [0.717, 1.165) is 34.5 Å². The van der Waals surface area contributed by atoms with E-state index in [4.69, 9.17) is 4.74 Å². The van der Waals surface area contributed by atoms with Crippen LogP contribution in [0, 0.1) is 17.8 Å². The number of ether oxygens (including phenoxy) is 1. The zero-order chi connectivity index (χ0) is 18.7. The van der Waals surface area contributed by atoms with Crippen LogP contribution in [0.15, 0.2) is 42.5 Å². The molecule has 0 radical (unpaired) electrons. The summed E-state index contributed by atoms with van der Waals surface area (Å²) in [4.78, 5) is 16.1. The van der Waals surface area contributed by atoms with Crippen LogP contribution in [0.1, 0.15) is 38.5 Å². The van der Waals surface area contributed by atoms with Gasteiger partial charge in [-0.15, -0.1) is 0 Å². The van der Waals surface area contributed by atoms with Gasteiger partial charge >= 0.3 is 0 Å². The van der Waals surface area contributed by atoms with Crippen molar-refractivity contribution in [3.8, 4) is 5.75 Å². The second-order valence-electron chi connectivity index (χ2n) is 9.41. The first-order chi connectivity index (χ1) is 13.7. The van der Waals surface area contributed by atoms with Crippen LogP contribution in [0.2, 0.25) is 0 Å². The van der Waals surface area contributed by atoms with Crippen LogP contribution in [0.4, 0.5) is 0 Å². The maximum absolute atomic E-state index is 12.7. The van der Waals surface area contributed by atoms with Crippen molar-refractivity contribution in [2.45, 2.75) is 44.1 Å². The lowest BCUT2D eigenvalue weighted by atomic mass is 9.53. The van der Waals surface area contributed by atoms with Gasteiger partial charge < -0.3 is 15.0 Å². The van der Waals surface area contributed by atoms with Crippen molar-refractivity contribution in [2.75, 3.05) is 6.61 Å². The number of nitrogens with one attached hydrogen (secondary N) is 2. The summed E-state index contributed by atoms with van der Waals surface area (Å²) in [5.41, 5.74) is 2.21. The Kier molecular flexibility index (Phi) is 3.53. The number of aromatic nitrogens is 1. The highest BCUT2D eigenvalue weighted by molar-refractivity contribution is 6.07. The number of carbonyl (C=O) groups is 1. The molecule has 4 saturated carbocycles. The summed E-state index contributed by atoms with van der Waals surface area (Å²) in [6, 6.07) is 14.3. The van der Waals surface area contributed by atoms with Crippen molar-refractivity contribution in [1.82, 2.24) is 10.3 Å². The number of hydrogen-bond donors (Lipinski definition) is 2. The molecule has 4 aliphatic rings. The third kappa shape index (κ3) is 2.69. The predicted molar refractivity (Wildman–Crippen MR) is 110 cm³/mol. The smallest absolute Gasteiger partial charge is 0.258 e. The number of rotatable bonds is 4. The summed E-state index contributed by atoms with van der Waals surface area (Å²) in [5.74, 6) is 3.25. The molecule has 0 unspecified atom stereocenters. The molecule has 2 aromatic carbocycles. The zero-order valence-corrected chi connectivity index (χ0v) is 16.0. The number of para-hydroxylation sites is 1. The van der Waals surface area contributed by atoms with E-state index < -0.39 is 0 Å². The van der Waals surface area contributed by atoms with Crippen molar-refractivity contribution in [1.29, 1.82) is 0 Å². The Hall–Kier alpha value is -2.49. The fraction of sp³-hybridized carbons (Fsp3) is 0.458. The predicted octanol–water partition coefficient (Wildman–Crippen LogP) is 4.78. The molecule has 7 rings (SSSR count). The average Bonchev–Trinajstić information content (AvgIpc) is 3.02. The number of hydrogen-bond acceptors (Lipinski definition) is 2. The standard InChI is InChI=1S/C24H26N2O2/c27-23(26-24-11-15-7-16(12-24)9-17(8-15)13-24)14-28-18-5-6-20-19-3-1-2-4-21(19)25-22(20)10-18/h1-6,10,15-17,25H,7-9,11-14H2,(H,26,27). The van der Waals surface area contributed by atoms with Gasteiger partial charge in [-0.1, -0.05) is 18.2 Å². The molecule has 4 nitrogen and oxygen atoms in total. The normalized spacial score (nSPS) is 30.8. The molecule has 4 fully saturated rings. The number of carbonyl (C=O) groups excluding carboxylic acids is 1. The van der Waals surface area contributed by atoms with Crippen molar-refractivity contribution in [3.63, 3.8) is 0 Å². The van der Waals surface area contributed by atoms with Crippen molar-refractivity contribution < 1.29 is 9.53 Å². The minimum Gasteiger partial charge on any atom is -0.484 e. The van der Waals surface area contributed by atoms with Gasteiger partial charge in [-0.2, -0.15) is 0 Å². The van der Waals surface area contributed by atoms with E-state index in [9.17, 15) is 4.79 Å². The first kappa shape index (κ1) is 16.5. The van der Waals surface area contributed by atoms with Gasteiger partial charge in [-0.25, -0.2) is 0 Å². The van der Waals surface area contributed by atoms with Gasteiger partial charge in [0, 0.05) is 27.9 Å². The SMILES string of the molecule is O=C(COc1ccc2c(c1)[nH]c1ccccc12)NC12CC3CC(CC(C3)C1)C2. The number of amides is 1. The van der Waals surface area contributed by atoms with Crippen molar-refractivity contribution in [2.24, 2.45) is 17.8 Å². The Morgan fingerprint density at radius 2 is 1.64 bits per heavy atom. The van der Waals surface area contributed by atoms with Gasteiger partial charge in [-0.05, 0) is 74.5 Å². The van der Waals surface area contributed by atoms with Crippen molar-refractivity contribution >= 4 is 27.7 Å². The van der Waals surface area contributed by atoms with Gasteiger partial charge in [0.1, 0.15) is 5.75 Å². The highest BCUT2D eigenvalue weighted by Crippen LogP contribution is 2.55.